The van der Waals surface area contributed by atoms with E-state index in [4.69, 9.17) is 5.73 Å². The molecule has 8 nitrogen and oxygen atoms in total. The maximum absolute atomic E-state index is 13.2. The van der Waals surface area contributed by atoms with Gasteiger partial charge in [0.25, 0.3) is 5.56 Å². The van der Waals surface area contributed by atoms with E-state index in [1.807, 2.05) is 30.3 Å². The summed E-state index contributed by atoms with van der Waals surface area (Å²) in [5.74, 6) is -0.173. The Balaban J connectivity index is 1.91. The molecule has 30 heavy (non-hydrogen) atoms. The van der Waals surface area contributed by atoms with E-state index >= 15 is 0 Å². The molecule has 0 aliphatic carbocycles. The van der Waals surface area contributed by atoms with Crippen molar-refractivity contribution in [3.05, 3.63) is 56.7 Å². The number of nitrogens with zero attached hydrogens (tertiary/aromatic N) is 3. The Morgan fingerprint density at radius 2 is 1.93 bits per heavy atom. The largest absolute Gasteiger partial charge is 0.383 e. The van der Waals surface area contributed by atoms with Gasteiger partial charge in [-0.15, -0.1) is 0 Å². The van der Waals surface area contributed by atoms with Crippen LogP contribution in [0, 0.1) is 0 Å². The first kappa shape index (κ1) is 21.8. The van der Waals surface area contributed by atoms with Gasteiger partial charge in [0, 0.05) is 12.6 Å². The zero-order chi connectivity index (χ0) is 21.7. The van der Waals surface area contributed by atoms with E-state index in [2.05, 4.69) is 16.8 Å². The van der Waals surface area contributed by atoms with Gasteiger partial charge in [-0.05, 0) is 38.3 Å². The fourth-order valence-corrected chi connectivity index (χ4v) is 4.21. The third-order valence-corrected chi connectivity index (χ3v) is 5.84. The first-order valence-electron chi connectivity index (χ1n) is 10.7. The number of aromatic amines is 1. The van der Waals surface area contributed by atoms with Crippen LogP contribution in [0.2, 0.25) is 0 Å². The molecule has 1 aromatic carbocycles. The van der Waals surface area contributed by atoms with Crippen LogP contribution in [-0.2, 0) is 11.3 Å². The van der Waals surface area contributed by atoms with Gasteiger partial charge in [0.05, 0.1) is 13.1 Å². The molecule has 0 radical (unpaired) electrons. The van der Waals surface area contributed by atoms with Crippen LogP contribution in [0.3, 0.4) is 0 Å². The number of carbonyl (C=O) groups excluding carboxylic acids is 1. The minimum atomic E-state index is -0.636. The standard InChI is InChI=1S/C22H31N5O3/c1-3-17-12-8-9-13-25(17)15-18(28)26(4-2)19-20(23)27(22(30)24-21(19)29)14-16-10-6-5-7-11-16/h5-7,10-11,17H,3-4,8-9,12-15,23H2,1-2H3,(H,24,29,30). The molecular formula is C22H31N5O3. The van der Waals surface area contributed by atoms with E-state index in [-0.39, 0.29) is 30.5 Å². The Morgan fingerprint density at radius 3 is 2.60 bits per heavy atom. The number of benzene rings is 1. The van der Waals surface area contributed by atoms with Gasteiger partial charge in [0.1, 0.15) is 5.82 Å². The molecule has 0 bridgehead atoms. The number of hydrogen-bond acceptors (Lipinski definition) is 5. The summed E-state index contributed by atoms with van der Waals surface area (Å²) >= 11 is 0. The Hall–Kier alpha value is -2.87. The summed E-state index contributed by atoms with van der Waals surface area (Å²) in [5, 5.41) is 0. The highest BCUT2D eigenvalue weighted by atomic mass is 16.2. The zero-order valence-corrected chi connectivity index (χ0v) is 17.8. The Morgan fingerprint density at radius 1 is 1.20 bits per heavy atom. The summed E-state index contributed by atoms with van der Waals surface area (Å²) in [7, 11) is 0. The average molecular weight is 414 g/mol. The predicted octanol–water partition coefficient (Wildman–Crippen LogP) is 1.78. The lowest BCUT2D eigenvalue weighted by Crippen LogP contribution is -2.48. The first-order chi connectivity index (χ1) is 14.5. The Kier molecular flexibility index (Phi) is 7.10. The Bertz CT molecular complexity index is 983. The number of amides is 1. The van der Waals surface area contributed by atoms with Gasteiger partial charge in [-0.1, -0.05) is 43.7 Å². The van der Waals surface area contributed by atoms with Crippen molar-refractivity contribution in [2.24, 2.45) is 0 Å². The molecule has 0 saturated carbocycles. The molecule has 1 atom stereocenters. The van der Waals surface area contributed by atoms with Gasteiger partial charge < -0.3 is 10.6 Å². The van der Waals surface area contributed by atoms with E-state index in [0.717, 1.165) is 31.4 Å². The van der Waals surface area contributed by atoms with E-state index < -0.39 is 11.2 Å². The zero-order valence-electron chi connectivity index (χ0n) is 17.8. The van der Waals surface area contributed by atoms with Crippen LogP contribution >= 0.6 is 0 Å². The molecule has 1 saturated heterocycles. The molecule has 1 unspecified atom stereocenters. The van der Waals surface area contributed by atoms with Gasteiger partial charge in [-0.2, -0.15) is 0 Å². The van der Waals surface area contributed by atoms with E-state index in [1.54, 1.807) is 6.92 Å². The Labute approximate surface area is 176 Å². The summed E-state index contributed by atoms with van der Waals surface area (Å²) in [6, 6.07) is 9.75. The summed E-state index contributed by atoms with van der Waals surface area (Å²) < 4.78 is 1.30. The van der Waals surface area contributed by atoms with Crippen LogP contribution in [0.1, 0.15) is 45.1 Å². The fourth-order valence-electron chi connectivity index (χ4n) is 4.21. The smallest absolute Gasteiger partial charge is 0.330 e. The van der Waals surface area contributed by atoms with E-state index in [1.165, 1.54) is 15.9 Å². The number of piperidine rings is 1. The molecule has 3 N–H and O–H groups in total. The van der Waals surface area contributed by atoms with Crippen molar-refractivity contribution in [2.45, 2.75) is 52.1 Å². The lowest BCUT2D eigenvalue weighted by Gasteiger charge is -2.36. The summed E-state index contributed by atoms with van der Waals surface area (Å²) in [6.45, 7) is 5.56. The third kappa shape index (κ3) is 4.64. The molecule has 1 aliphatic rings. The van der Waals surface area contributed by atoms with Crippen molar-refractivity contribution >= 4 is 17.4 Å². The van der Waals surface area contributed by atoms with Crippen molar-refractivity contribution < 1.29 is 4.79 Å². The molecule has 162 valence electrons. The summed E-state index contributed by atoms with van der Waals surface area (Å²) in [5.41, 5.74) is 5.96. The van der Waals surface area contributed by atoms with Crippen molar-refractivity contribution in [1.29, 1.82) is 0 Å². The van der Waals surface area contributed by atoms with Crippen LogP contribution in [0.15, 0.2) is 39.9 Å². The SMILES string of the molecule is CCC1CCCCN1CC(=O)N(CC)c1c(N)n(Cc2ccccc2)c(=O)[nH]c1=O. The lowest BCUT2D eigenvalue weighted by atomic mass is 10.00. The molecular weight excluding hydrogens is 382 g/mol. The second kappa shape index (κ2) is 9.75. The number of hydrogen-bond donors (Lipinski definition) is 2. The number of carbonyl (C=O) groups is 1. The highest BCUT2D eigenvalue weighted by Crippen LogP contribution is 2.22. The van der Waals surface area contributed by atoms with E-state index in [9.17, 15) is 14.4 Å². The number of nitrogen functional groups attached to an aromatic ring is 1. The maximum atomic E-state index is 13.2. The molecule has 3 rings (SSSR count). The summed E-state index contributed by atoms with van der Waals surface area (Å²) in [4.78, 5) is 44.1. The number of rotatable bonds is 7. The van der Waals surface area contributed by atoms with Gasteiger partial charge in [0.2, 0.25) is 5.91 Å². The fraction of sp³-hybridized carbons (Fsp3) is 0.500. The summed E-state index contributed by atoms with van der Waals surface area (Å²) in [6.07, 6.45) is 4.32. The molecule has 8 heteroatoms. The van der Waals surface area contributed by atoms with Crippen molar-refractivity contribution in [1.82, 2.24) is 14.5 Å². The predicted molar refractivity (Wildman–Crippen MR) is 119 cm³/mol. The third-order valence-electron chi connectivity index (χ3n) is 5.84. The van der Waals surface area contributed by atoms with Crippen molar-refractivity contribution in [3.8, 4) is 0 Å². The van der Waals surface area contributed by atoms with Crippen LogP contribution < -0.4 is 21.9 Å². The minimum absolute atomic E-state index is 0.00786. The molecule has 0 spiro atoms. The number of nitrogens with one attached hydrogen (secondary N) is 1. The highest BCUT2D eigenvalue weighted by Gasteiger charge is 2.28. The van der Waals surface area contributed by atoms with Crippen molar-refractivity contribution in [3.63, 3.8) is 0 Å². The van der Waals surface area contributed by atoms with Gasteiger partial charge in [0.15, 0.2) is 5.69 Å². The van der Waals surface area contributed by atoms with Gasteiger partial charge in [-0.3, -0.25) is 24.0 Å². The van der Waals surface area contributed by atoms with Gasteiger partial charge in [-0.25, -0.2) is 4.79 Å². The van der Waals surface area contributed by atoms with E-state index in [0.29, 0.717) is 12.6 Å². The molecule has 2 heterocycles. The average Bonchev–Trinajstić information content (AvgIpc) is 2.75. The molecule has 1 fully saturated rings. The topological polar surface area (TPSA) is 104 Å². The highest BCUT2D eigenvalue weighted by molar-refractivity contribution is 5.96. The number of likely N-dealkylation sites (N-methyl/N-ethyl adjacent to an activating group) is 1. The lowest BCUT2D eigenvalue weighted by molar-refractivity contribution is -0.120. The number of anilines is 2. The number of likely N-dealkylation sites (tertiary alicyclic amines) is 1. The molecule has 1 amide bonds. The molecule has 2 aromatic rings. The molecule has 1 aromatic heterocycles. The number of nitrogens with two attached hydrogens (primary N) is 1. The van der Waals surface area contributed by atoms with Crippen LogP contribution in [-0.4, -0.2) is 46.0 Å². The number of H-pyrrole nitrogens is 1. The quantitative estimate of drug-likeness (QED) is 0.720. The second-order valence-electron chi connectivity index (χ2n) is 7.73. The number of aromatic nitrogens is 2. The van der Waals surface area contributed by atoms with Crippen LogP contribution in [0.5, 0.6) is 0 Å². The normalized spacial score (nSPS) is 17.1. The molecule has 1 aliphatic heterocycles. The van der Waals surface area contributed by atoms with Crippen LogP contribution in [0.4, 0.5) is 11.5 Å². The maximum Gasteiger partial charge on any atom is 0.330 e. The van der Waals surface area contributed by atoms with Crippen molar-refractivity contribution in [2.75, 3.05) is 30.3 Å². The minimum Gasteiger partial charge on any atom is -0.383 e. The monoisotopic (exact) mass is 413 g/mol. The second-order valence-corrected chi connectivity index (χ2v) is 7.73. The van der Waals surface area contributed by atoms with Gasteiger partial charge >= 0.3 is 5.69 Å². The first-order valence-corrected chi connectivity index (χ1v) is 10.7. The van der Waals surface area contributed by atoms with Crippen LogP contribution in [0.25, 0.3) is 0 Å².